The standard InChI is InChI=1S/C105H76N2/c1-67-42-53-86-88-56-49-79(65-100(88)103(98(86)60-67,71-26-10-6-11-27-71)72-28-12-7-13-29-72)107(80-50-57-89-87-54-43-68(2)61-99(87)104(101(89)66-80,73-30-14-8-15-31-73)74-32-16-9-17-33-74)76-48-55-81(69(3)62-76)70-44-46-75(47-45-70)106(77-51-58-93-90(63-77)84-36-18-22-38-92(84)102(93,4)5)78-52-59-97-91(64-78)85-37-21-25-41-96(85)105(97)94-39-23-19-34-82(94)83-35-20-24-40-95(83)105/h6-66H,1-5H3. The molecule has 21 rings (SSSR count). The summed E-state index contributed by atoms with van der Waals surface area (Å²) in [5, 5.41) is 0. The number of nitrogens with zero attached hydrogens (tertiary/aromatic N) is 2. The first-order chi connectivity index (χ1) is 52.5. The van der Waals surface area contributed by atoms with E-state index in [1.807, 2.05) is 0 Å². The highest BCUT2D eigenvalue weighted by Crippen LogP contribution is 2.65. The number of rotatable bonds is 11. The lowest BCUT2D eigenvalue weighted by atomic mass is 9.67. The van der Waals surface area contributed by atoms with Gasteiger partial charge in [-0.2, -0.15) is 0 Å². The van der Waals surface area contributed by atoms with Gasteiger partial charge in [0.1, 0.15) is 0 Å². The van der Waals surface area contributed by atoms with Crippen molar-refractivity contribution in [3.05, 3.63) is 465 Å². The quantitative estimate of drug-likeness (QED) is 0.127. The Labute approximate surface area is 627 Å². The van der Waals surface area contributed by atoms with E-state index in [0.29, 0.717) is 0 Å². The minimum atomic E-state index is -0.609. The predicted molar refractivity (Wildman–Crippen MR) is 444 cm³/mol. The molecule has 107 heavy (non-hydrogen) atoms. The topological polar surface area (TPSA) is 6.48 Å². The highest BCUT2D eigenvalue weighted by atomic mass is 15.1. The number of fused-ring (bicyclic) bond motifs is 19. The van der Waals surface area contributed by atoms with E-state index >= 15 is 0 Å². The Kier molecular flexibility index (Phi) is 13.8. The van der Waals surface area contributed by atoms with Gasteiger partial charge in [0.05, 0.1) is 16.2 Å². The summed E-state index contributed by atoms with van der Waals surface area (Å²) in [5.41, 5.74) is 41.7. The molecule has 0 atom stereocenters. The highest BCUT2D eigenvalue weighted by molar-refractivity contribution is 5.99. The van der Waals surface area contributed by atoms with Crippen LogP contribution in [0, 0.1) is 20.8 Å². The zero-order valence-corrected chi connectivity index (χ0v) is 60.6. The SMILES string of the molecule is Cc1ccc2c(c1)C(c1ccccc1)(c1ccccc1)c1cc(N(c3ccc(-c4ccc(N(c5ccc6c(c5)-c5ccccc5C6(C)C)c5ccc6c(c5)-c5ccccc5C65c6ccccc6-c6ccccc65)cc4)c(C)c3)c3ccc4c(c3)C(c3ccccc3)(c3ccccc3)c3cc(C)ccc3-4)ccc1-2. The maximum absolute atomic E-state index is 2.54. The summed E-state index contributed by atoms with van der Waals surface area (Å²) in [7, 11) is 0. The number of anilines is 6. The van der Waals surface area contributed by atoms with E-state index in [1.54, 1.807) is 0 Å². The molecule has 0 radical (unpaired) electrons. The number of aryl methyl sites for hydroxylation is 3. The first-order valence-electron chi connectivity index (χ1n) is 37.8. The Hall–Kier alpha value is -12.9. The van der Waals surface area contributed by atoms with Gasteiger partial charge in [-0.05, 0) is 244 Å². The van der Waals surface area contributed by atoms with Crippen molar-refractivity contribution in [3.63, 3.8) is 0 Å². The van der Waals surface area contributed by atoms with Crippen LogP contribution in [0.2, 0.25) is 0 Å². The smallest absolute Gasteiger partial charge is 0.0725 e. The van der Waals surface area contributed by atoms with E-state index < -0.39 is 16.2 Å². The second-order valence-corrected chi connectivity index (χ2v) is 30.8. The van der Waals surface area contributed by atoms with Crippen molar-refractivity contribution in [2.75, 3.05) is 9.80 Å². The maximum atomic E-state index is 2.54. The first kappa shape index (κ1) is 62.7. The third-order valence-corrected chi connectivity index (χ3v) is 24.9. The Balaban J connectivity index is 0.734. The van der Waals surface area contributed by atoms with Crippen molar-refractivity contribution in [1.82, 2.24) is 0 Å². The normalized spacial score (nSPS) is 14.5. The molecule has 0 heterocycles. The van der Waals surface area contributed by atoms with Gasteiger partial charge >= 0.3 is 0 Å². The van der Waals surface area contributed by atoms with Crippen molar-refractivity contribution >= 4 is 34.1 Å². The molecule has 5 aliphatic rings. The molecule has 2 nitrogen and oxygen atoms in total. The molecule has 5 aliphatic carbocycles. The molecule has 0 bridgehead atoms. The van der Waals surface area contributed by atoms with E-state index in [9.17, 15) is 0 Å². The minimum Gasteiger partial charge on any atom is -0.310 e. The molecule has 0 N–H and O–H groups in total. The molecule has 16 aromatic carbocycles. The number of benzene rings is 16. The molecule has 16 aromatic rings. The van der Waals surface area contributed by atoms with E-state index in [0.717, 1.165) is 39.7 Å². The van der Waals surface area contributed by atoms with Crippen LogP contribution in [0.15, 0.2) is 370 Å². The lowest BCUT2D eigenvalue weighted by Crippen LogP contribution is -2.29. The molecule has 506 valence electrons. The van der Waals surface area contributed by atoms with E-state index in [1.165, 1.54) is 156 Å². The van der Waals surface area contributed by atoms with Crippen LogP contribution in [0.4, 0.5) is 34.1 Å². The van der Waals surface area contributed by atoms with Crippen LogP contribution < -0.4 is 9.80 Å². The summed E-state index contributed by atoms with van der Waals surface area (Å²) in [5.74, 6) is 0. The molecule has 0 saturated carbocycles. The van der Waals surface area contributed by atoms with Gasteiger partial charge in [0, 0.05) is 39.5 Å². The summed E-state index contributed by atoms with van der Waals surface area (Å²) < 4.78 is 0. The fourth-order valence-electron chi connectivity index (χ4n) is 20.3. The van der Waals surface area contributed by atoms with Gasteiger partial charge in [0.25, 0.3) is 0 Å². The van der Waals surface area contributed by atoms with Crippen LogP contribution in [0.3, 0.4) is 0 Å². The minimum absolute atomic E-state index is 0.131. The number of hydrogen-bond acceptors (Lipinski definition) is 2. The lowest BCUT2D eigenvalue weighted by molar-refractivity contribution is 0.660. The monoisotopic (exact) mass is 1360 g/mol. The molecule has 1 spiro atoms. The number of hydrogen-bond donors (Lipinski definition) is 0. The summed E-state index contributed by atoms with van der Waals surface area (Å²) in [4.78, 5) is 5.04. The van der Waals surface area contributed by atoms with Gasteiger partial charge in [-0.25, -0.2) is 0 Å². The molecular formula is C105H76N2. The van der Waals surface area contributed by atoms with Crippen molar-refractivity contribution in [2.45, 2.75) is 56.3 Å². The third kappa shape index (κ3) is 8.82. The molecule has 2 heteroatoms. The second-order valence-electron chi connectivity index (χ2n) is 30.8. The molecular weight excluding hydrogens is 1290 g/mol. The molecule has 0 aliphatic heterocycles. The average Bonchev–Trinajstić information content (AvgIpc) is 1.52. The first-order valence-corrected chi connectivity index (χ1v) is 37.8. The summed E-state index contributed by atoms with van der Waals surface area (Å²) in [6.07, 6.45) is 0. The third-order valence-electron chi connectivity index (χ3n) is 24.9. The Bertz CT molecular complexity index is 6010. The molecule has 0 aromatic heterocycles. The van der Waals surface area contributed by atoms with Crippen molar-refractivity contribution < 1.29 is 0 Å². The van der Waals surface area contributed by atoms with Crippen LogP contribution in [-0.2, 0) is 21.7 Å². The van der Waals surface area contributed by atoms with Gasteiger partial charge in [-0.1, -0.05) is 322 Å². The van der Waals surface area contributed by atoms with Crippen molar-refractivity contribution in [2.24, 2.45) is 0 Å². The highest BCUT2D eigenvalue weighted by Gasteiger charge is 2.53. The summed E-state index contributed by atoms with van der Waals surface area (Å²) in [6, 6.07) is 141. The van der Waals surface area contributed by atoms with Crippen LogP contribution >= 0.6 is 0 Å². The Morgan fingerprint density at radius 3 is 0.907 bits per heavy atom. The van der Waals surface area contributed by atoms with Gasteiger partial charge in [0.2, 0.25) is 0 Å². The fourth-order valence-corrected chi connectivity index (χ4v) is 20.3. The summed E-state index contributed by atoms with van der Waals surface area (Å²) in [6.45, 7) is 11.5. The Morgan fingerprint density at radius 2 is 0.467 bits per heavy atom. The molecule has 0 fully saturated rings. The van der Waals surface area contributed by atoms with E-state index in [-0.39, 0.29) is 5.41 Å². The average molecular weight is 1370 g/mol. The molecule has 0 saturated heterocycles. The van der Waals surface area contributed by atoms with Crippen LogP contribution in [-0.4, -0.2) is 0 Å². The lowest BCUT2D eigenvalue weighted by Gasteiger charge is -2.36. The molecule has 0 amide bonds. The van der Waals surface area contributed by atoms with E-state index in [4.69, 9.17) is 0 Å². The second kappa shape index (κ2) is 23.6. The zero-order chi connectivity index (χ0) is 71.5. The van der Waals surface area contributed by atoms with Crippen molar-refractivity contribution in [3.8, 4) is 66.8 Å². The van der Waals surface area contributed by atoms with Gasteiger partial charge in [0.15, 0.2) is 0 Å². The van der Waals surface area contributed by atoms with Crippen LogP contribution in [0.5, 0.6) is 0 Å². The van der Waals surface area contributed by atoms with Gasteiger partial charge < -0.3 is 9.80 Å². The largest absolute Gasteiger partial charge is 0.310 e. The zero-order valence-electron chi connectivity index (χ0n) is 60.6. The fraction of sp³-hybridized carbons (Fsp3) is 0.0857. The summed E-state index contributed by atoms with van der Waals surface area (Å²) >= 11 is 0. The van der Waals surface area contributed by atoms with Gasteiger partial charge in [-0.15, -0.1) is 0 Å². The van der Waals surface area contributed by atoms with Crippen molar-refractivity contribution in [1.29, 1.82) is 0 Å². The van der Waals surface area contributed by atoms with Gasteiger partial charge in [-0.3, -0.25) is 0 Å². The Morgan fingerprint density at radius 1 is 0.187 bits per heavy atom. The molecule has 0 unspecified atom stereocenters. The predicted octanol–water partition coefficient (Wildman–Crippen LogP) is 26.6. The van der Waals surface area contributed by atoms with Crippen LogP contribution in [0.1, 0.15) is 108 Å². The van der Waals surface area contributed by atoms with Crippen LogP contribution in [0.25, 0.3) is 66.8 Å². The maximum Gasteiger partial charge on any atom is 0.0725 e. The van der Waals surface area contributed by atoms with E-state index in [2.05, 4.69) is 414 Å².